The molecule has 0 amide bonds. The Labute approximate surface area is 123 Å². The van der Waals surface area contributed by atoms with E-state index in [0.29, 0.717) is 5.02 Å². The Morgan fingerprint density at radius 1 is 1.00 bits per heavy atom. The fourth-order valence-corrected chi connectivity index (χ4v) is 2.43. The van der Waals surface area contributed by atoms with Gasteiger partial charge in [0, 0.05) is 28.8 Å². The first kappa shape index (κ1) is 12.9. The average molecular weight is 283 g/mol. The topological polar surface area (TPSA) is 24.9 Å². The SMILES string of the molecule is Clc1ccc2c(NCCc3ccccc3)ccnc2c1. The second kappa shape index (κ2) is 5.93. The number of hydrogen-bond donors (Lipinski definition) is 1. The Kier molecular flexibility index (Phi) is 3.84. The first-order valence-electron chi connectivity index (χ1n) is 6.65. The van der Waals surface area contributed by atoms with Crippen LogP contribution in [0.3, 0.4) is 0 Å². The lowest BCUT2D eigenvalue weighted by Crippen LogP contribution is -2.05. The van der Waals surface area contributed by atoms with E-state index in [0.717, 1.165) is 29.6 Å². The highest BCUT2D eigenvalue weighted by Crippen LogP contribution is 2.24. The molecule has 0 bridgehead atoms. The minimum absolute atomic E-state index is 0.714. The van der Waals surface area contributed by atoms with Crippen LogP contribution in [0.4, 0.5) is 5.69 Å². The molecule has 0 unspecified atom stereocenters. The average Bonchev–Trinajstić information content (AvgIpc) is 2.48. The summed E-state index contributed by atoms with van der Waals surface area (Å²) in [4.78, 5) is 4.34. The number of nitrogens with one attached hydrogen (secondary N) is 1. The Morgan fingerprint density at radius 3 is 2.70 bits per heavy atom. The molecular formula is C17H15ClN2. The normalized spacial score (nSPS) is 10.7. The number of halogens is 1. The number of fused-ring (bicyclic) bond motifs is 1. The van der Waals surface area contributed by atoms with Crippen LogP contribution in [0, 0.1) is 0 Å². The maximum atomic E-state index is 5.99. The Bertz CT molecular complexity index is 711. The van der Waals surface area contributed by atoms with E-state index in [4.69, 9.17) is 11.6 Å². The van der Waals surface area contributed by atoms with Gasteiger partial charge in [0.05, 0.1) is 5.52 Å². The van der Waals surface area contributed by atoms with Crippen LogP contribution in [0.5, 0.6) is 0 Å². The third-order valence-electron chi connectivity index (χ3n) is 3.28. The number of rotatable bonds is 4. The summed E-state index contributed by atoms with van der Waals surface area (Å²) in [6, 6.07) is 18.3. The van der Waals surface area contributed by atoms with Crippen molar-refractivity contribution in [3.05, 3.63) is 71.4 Å². The Hall–Kier alpha value is -2.06. The van der Waals surface area contributed by atoms with Crippen LogP contribution in [0.15, 0.2) is 60.8 Å². The molecule has 3 rings (SSSR count). The standard InChI is InChI=1S/C17H15ClN2/c18-14-6-7-15-16(9-11-20-17(15)12-14)19-10-8-13-4-2-1-3-5-13/h1-7,9,11-12H,8,10H2,(H,19,20). The molecule has 0 aliphatic heterocycles. The van der Waals surface area contributed by atoms with Crippen molar-refractivity contribution in [1.82, 2.24) is 4.98 Å². The molecule has 0 atom stereocenters. The smallest absolute Gasteiger partial charge is 0.0737 e. The molecule has 20 heavy (non-hydrogen) atoms. The van der Waals surface area contributed by atoms with Crippen LogP contribution < -0.4 is 5.32 Å². The van der Waals surface area contributed by atoms with Gasteiger partial charge in [0.2, 0.25) is 0 Å². The van der Waals surface area contributed by atoms with Crippen LogP contribution >= 0.6 is 11.6 Å². The predicted molar refractivity (Wildman–Crippen MR) is 85.4 cm³/mol. The van der Waals surface area contributed by atoms with Crippen LogP contribution in [0.25, 0.3) is 10.9 Å². The van der Waals surface area contributed by atoms with Crippen LogP contribution in [0.1, 0.15) is 5.56 Å². The van der Waals surface area contributed by atoms with E-state index in [1.807, 2.05) is 36.5 Å². The molecule has 1 heterocycles. The van der Waals surface area contributed by atoms with Gasteiger partial charge in [0.15, 0.2) is 0 Å². The van der Waals surface area contributed by atoms with E-state index < -0.39 is 0 Å². The molecule has 0 aliphatic carbocycles. The van der Waals surface area contributed by atoms with E-state index in [-0.39, 0.29) is 0 Å². The molecule has 0 aliphatic rings. The van der Waals surface area contributed by atoms with Gasteiger partial charge in [0.25, 0.3) is 0 Å². The number of benzene rings is 2. The fraction of sp³-hybridized carbons (Fsp3) is 0.118. The van der Waals surface area contributed by atoms with E-state index in [1.54, 1.807) is 0 Å². The van der Waals surface area contributed by atoms with Crippen molar-refractivity contribution < 1.29 is 0 Å². The third kappa shape index (κ3) is 2.91. The molecule has 3 heteroatoms. The van der Waals surface area contributed by atoms with E-state index in [9.17, 15) is 0 Å². The number of anilines is 1. The van der Waals surface area contributed by atoms with Crippen LogP contribution in [-0.2, 0) is 6.42 Å². The first-order valence-corrected chi connectivity index (χ1v) is 7.03. The van der Waals surface area contributed by atoms with Gasteiger partial charge in [-0.15, -0.1) is 0 Å². The van der Waals surface area contributed by atoms with Crippen molar-refractivity contribution in [2.45, 2.75) is 6.42 Å². The molecule has 0 fully saturated rings. The quantitative estimate of drug-likeness (QED) is 0.760. The zero-order valence-electron chi connectivity index (χ0n) is 11.0. The zero-order valence-corrected chi connectivity index (χ0v) is 11.8. The molecule has 0 spiro atoms. The van der Waals surface area contributed by atoms with Gasteiger partial charge >= 0.3 is 0 Å². The number of nitrogens with zero attached hydrogens (tertiary/aromatic N) is 1. The lowest BCUT2D eigenvalue weighted by molar-refractivity contribution is 1.02. The predicted octanol–water partition coefficient (Wildman–Crippen LogP) is 4.54. The molecule has 0 saturated carbocycles. The van der Waals surface area contributed by atoms with Crippen molar-refractivity contribution in [2.75, 3.05) is 11.9 Å². The minimum atomic E-state index is 0.714. The van der Waals surface area contributed by atoms with Gasteiger partial charge in [-0.1, -0.05) is 41.9 Å². The molecule has 1 aromatic heterocycles. The van der Waals surface area contributed by atoms with E-state index in [1.165, 1.54) is 5.56 Å². The summed E-state index contributed by atoms with van der Waals surface area (Å²) in [5, 5.41) is 5.29. The van der Waals surface area contributed by atoms with Crippen molar-refractivity contribution in [3.63, 3.8) is 0 Å². The highest BCUT2D eigenvalue weighted by Gasteiger charge is 2.02. The molecular weight excluding hydrogens is 268 g/mol. The molecule has 0 radical (unpaired) electrons. The number of aromatic nitrogens is 1. The minimum Gasteiger partial charge on any atom is -0.384 e. The zero-order chi connectivity index (χ0) is 13.8. The monoisotopic (exact) mass is 282 g/mol. The van der Waals surface area contributed by atoms with Gasteiger partial charge in [-0.3, -0.25) is 4.98 Å². The second-order valence-electron chi connectivity index (χ2n) is 4.68. The molecule has 100 valence electrons. The summed E-state index contributed by atoms with van der Waals surface area (Å²) in [5.74, 6) is 0. The summed E-state index contributed by atoms with van der Waals surface area (Å²) in [7, 11) is 0. The third-order valence-corrected chi connectivity index (χ3v) is 3.51. The Balaban J connectivity index is 1.74. The number of hydrogen-bond acceptors (Lipinski definition) is 2. The summed E-state index contributed by atoms with van der Waals surface area (Å²) < 4.78 is 0. The van der Waals surface area contributed by atoms with E-state index in [2.05, 4.69) is 34.6 Å². The van der Waals surface area contributed by atoms with Crippen LogP contribution in [0.2, 0.25) is 5.02 Å². The van der Waals surface area contributed by atoms with Crippen LogP contribution in [-0.4, -0.2) is 11.5 Å². The highest BCUT2D eigenvalue weighted by atomic mass is 35.5. The molecule has 0 saturated heterocycles. The van der Waals surface area contributed by atoms with Gasteiger partial charge in [-0.25, -0.2) is 0 Å². The van der Waals surface area contributed by atoms with Gasteiger partial charge < -0.3 is 5.32 Å². The molecule has 3 aromatic rings. The highest BCUT2D eigenvalue weighted by molar-refractivity contribution is 6.31. The van der Waals surface area contributed by atoms with Crippen molar-refractivity contribution >= 4 is 28.2 Å². The molecule has 2 aromatic carbocycles. The Morgan fingerprint density at radius 2 is 1.85 bits per heavy atom. The largest absolute Gasteiger partial charge is 0.384 e. The summed E-state index contributed by atoms with van der Waals surface area (Å²) in [6.45, 7) is 0.895. The first-order chi connectivity index (χ1) is 9.83. The van der Waals surface area contributed by atoms with E-state index >= 15 is 0 Å². The fourth-order valence-electron chi connectivity index (χ4n) is 2.26. The second-order valence-corrected chi connectivity index (χ2v) is 5.12. The molecule has 2 nitrogen and oxygen atoms in total. The maximum absolute atomic E-state index is 5.99. The van der Waals surface area contributed by atoms with Crippen molar-refractivity contribution in [2.24, 2.45) is 0 Å². The lowest BCUT2D eigenvalue weighted by Gasteiger charge is -2.09. The lowest BCUT2D eigenvalue weighted by atomic mass is 10.1. The van der Waals surface area contributed by atoms with Gasteiger partial charge in [-0.2, -0.15) is 0 Å². The molecule has 1 N–H and O–H groups in total. The summed E-state index contributed by atoms with van der Waals surface area (Å²) in [5.41, 5.74) is 3.35. The maximum Gasteiger partial charge on any atom is 0.0737 e. The van der Waals surface area contributed by atoms with Crippen molar-refractivity contribution in [3.8, 4) is 0 Å². The summed E-state index contributed by atoms with van der Waals surface area (Å²) in [6.07, 6.45) is 2.81. The van der Waals surface area contributed by atoms with Crippen molar-refractivity contribution in [1.29, 1.82) is 0 Å². The van der Waals surface area contributed by atoms with Gasteiger partial charge in [-0.05, 0) is 36.2 Å². The summed E-state index contributed by atoms with van der Waals surface area (Å²) >= 11 is 5.99. The van der Waals surface area contributed by atoms with Gasteiger partial charge in [0.1, 0.15) is 0 Å². The number of pyridine rings is 1.